The van der Waals surface area contributed by atoms with Crippen molar-refractivity contribution in [1.29, 1.82) is 0 Å². The minimum absolute atomic E-state index is 0.0902. The number of hydrogen-bond acceptors (Lipinski definition) is 9. The van der Waals surface area contributed by atoms with Crippen molar-refractivity contribution in [2.24, 2.45) is 0 Å². The number of terminal acetylenes is 1. The Kier molecular flexibility index (Phi) is 6.84. The third kappa shape index (κ3) is 4.85. The normalized spacial score (nSPS) is 25.7. The molecule has 4 aliphatic rings. The van der Waals surface area contributed by atoms with E-state index in [0.717, 1.165) is 19.4 Å². The summed E-state index contributed by atoms with van der Waals surface area (Å²) in [6, 6.07) is 5.25. The Morgan fingerprint density at radius 2 is 2.04 bits per heavy atom. The number of nitrogens with zero attached hydrogens (tertiary/aromatic N) is 5. The molecule has 10 nitrogen and oxygen atoms in total. The van der Waals surface area contributed by atoms with Gasteiger partial charge in [-0.15, -0.1) is 6.42 Å². The Hall–Kier alpha value is -4.83. The van der Waals surface area contributed by atoms with Crippen LogP contribution in [-0.4, -0.2) is 87.7 Å². The lowest BCUT2D eigenvalue weighted by Gasteiger charge is -2.39. The van der Waals surface area contributed by atoms with Crippen LogP contribution < -0.4 is 15.0 Å². The molecule has 6 heterocycles. The van der Waals surface area contributed by atoms with Gasteiger partial charge in [0.2, 0.25) is 0 Å². The molecular formula is C34H31F3N6O4. The number of anilines is 1. The molecule has 4 fully saturated rings. The monoisotopic (exact) mass is 644 g/mol. The fraction of sp³-hybridized carbons (Fsp3) is 0.412. The molecule has 4 saturated heterocycles. The van der Waals surface area contributed by atoms with Crippen LogP contribution in [0.5, 0.6) is 11.8 Å². The van der Waals surface area contributed by atoms with Crippen molar-refractivity contribution in [3.05, 3.63) is 47.7 Å². The predicted molar refractivity (Wildman–Crippen MR) is 167 cm³/mol. The van der Waals surface area contributed by atoms with Crippen LogP contribution in [-0.2, 0) is 4.74 Å². The minimum atomic E-state index is -0.958. The highest BCUT2D eigenvalue weighted by Crippen LogP contribution is 2.42. The molecule has 1 unspecified atom stereocenters. The maximum atomic E-state index is 16.8. The van der Waals surface area contributed by atoms with Gasteiger partial charge in [0.25, 0.3) is 0 Å². The van der Waals surface area contributed by atoms with Gasteiger partial charge in [-0.25, -0.2) is 18.0 Å². The average molecular weight is 645 g/mol. The lowest BCUT2D eigenvalue weighted by molar-refractivity contribution is 0.0445. The summed E-state index contributed by atoms with van der Waals surface area (Å²) < 4.78 is 58.0. The van der Waals surface area contributed by atoms with Crippen LogP contribution >= 0.6 is 0 Å². The van der Waals surface area contributed by atoms with E-state index in [9.17, 15) is 18.7 Å². The van der Waals surface area contributed by atoms with Gasteiger partial charge in [0.1, 0.15) is 47.0 Å². The number of carbonyl (C=O) groups is 1. The second-order valence-corrected chi connectivity index (χ2v) is 13.0. The Morgan fingerprint density at radius 3 is 2.85 bits per heavy atom. The number of carbonyl (C=O) groups excluding carboxylic acids is 1. The van der Waals surface area contributed by atoms with E-state index in [-0.39, 0.29) is 51.5 Å². The zero-order chi connectivity index (χ0) is 32.5. The number of aromatic hydroxyl groups is 1. The Labute approximate surface area is 267 Å². The van der Waals surface area contributed by atoms with E-state index < -0.39 is 35.0 Å². The summed E-state index contributed by atoms with van der Waals surface area (Å²) in [5.74, 6) is 0.992. The topological polar surface area (TPSA) is 113 Å². The number of halogens is 3. The number of phenolic OH excluding ortho intramolecular Hbond substituents is 1. The standard InChI is InChI=1S/C34H31F3N6O4/c1-2-22-25(36)6-5-19-11-21(44)12-23(26(19)22)28-27(37)29-24(14-38-28)30(42-9-4-8-34(17-42)16-39-32(45)47-34)41-31(40-29)46-18-33-7-3-10-43(33)15-20(35)13-33/h1,5-6,11-12,14,20,44H,3-4,7-10,13,15-18H2,(H,39,45)/t20-,33+,34?/m1/s1. The van der Waals surface area contributed by atoms with E-state index in [1.165, 1.54) is 30.5 Å². The highest BCUT2D eigenvalue weighted by atomic mass is 19.1. The summed E-state index contributed by atoms with van der Waals surface area (Å²) >= 11 is 0. The zero-order valence-electron chi connectivity index (χ0n) is 25.4. The maximum absolute atomic E-state index is 16.8. The molecule has 8 rings (SSSR count). The van der Waals surface area contributed by atoms with Crippen molar-refractivity contribution in [1.82, 2.24) is 25.2 Å². The number of pyridine rings is 1. The number of hydrogen-bond donors (Lipinski definition) is 2. The molecule has 1 spiro atoms. The molecule has 2 N–H and O–H groups in total. The van der Waals surface area contributed by atoms with Gasteiger partial charge in [-0.05, 0) is 55.8 Å². The molecule has 3 atom stereocenters. The van der Waals surface area contributed by atoms with Crippen molar-refractivity contribution in [3.8, 4) is 35.4 Å². The zero-order valence-corrected chi connectivity index (χ0v) is 25.4. The molecule has 13 heteroatoms. The summed E-state index contributed by atoms with van der Waals surface area (Å²) in [5, 5.41) is 14.2. The largest absolute Gasteiger partial charge is 0.508 e. The van der Waals surface area contributed by atoms with Crippen molar-refractivity contribution in [2.45, 2.75) is 49.4 Å². The molecule has 4 aromatic rings. The molecule has 47 heavy (non-hydrogen) atoms. The number of rotatable bonds is 5. The Morgan fingerprint density at radius 1 is 1.19 bits per heavy atom. The predicted octanol–water partition coefficient (Wildman–Crippen LogP) is 4.84. The van der Waals surface area contributed by atoms with Gasteiger partial charge < -0.3 is 24.8 Å². The SMILES string of the molecule is C#Cc1c(F)ccc2cc(O)cc(-c3ncc4c(N5CCCC6(CNC(=O)O6)C5)nc(OC[C@@]56CCCN5C[C@H](F)C6)nc4c3F)c12. The van der Waals surface area contributed by atoms with E-state index >= 15 is 4.39 Å². The third-order valence-corrected chi connectivity index (χ3v) is 10.0. The van der Waals surface area contributed by atoms with Gasteiger partial charge >= 0.3 is 12.1 Å². The summed E-state index contributed by atoms with van der Waals surface area (Å²) in [6.45, 7) is 2.41. The number of benzene rings is 2. The fourth-order valence-corrected chi connectivity index (χ4v) is 7.92. The molecule has 0 saturated carbocycles. The van der Waals surface area contributed by atoms with Crippen molar-refractivity contribution in [2.75, 3.05) is 44.2 Å². The molecule has 0 radical (unpaired) electrons. The number of nitrogens with one attached hydrogen (secondary N) is 1. The smallest absolute Gasteiger partial charge is 0.407 e. The van der Waals surface area contributed by atoms with E-state index in [0.29, 0.717) is 56.6 Å². The van der Waals surface area contributed by atoms with Crippen LogP contribution in [0.15, 0.2) is 30.5 Å². The highest BCUT2D eigenvalue weighted by Gasteiger charge is 2.49. The van der Waals surface area contributed by atoms with Crippen LogP contribution in [0.2, 0.25) is 0 Å². The molecule has 2 aromatic carbocycles. The summed E-state index contributed by atoms with van der Waals surface area (Å²) in [7, 11) is 0. The number of ether oxygens (including phenoxy) is 2. The number of fused-ring (bicyclic) bond motifs is 3. The van der Waals surface area contributed by atoms with Crippen molar-refractivity contribution < 1.29 is 32.5 Å². The van der Waals surface area contributed by atoms with E-state index in [1.54, 1.807) is 0 Å². The second kappa shape index (κ2) is 10.9. The number of piperidine rings is 1. The first-order chi connectivity index (χ1) is 22.7. The number of aromatic nitrogens is 3. The minimum Gasteiger partial charge on any atom is -0.508 e. The number of alkyl carbamates (subject to hydrolysis) is 1. The number of alkyl halides is 1. The summed E-state index contributed by atoms with van der Waals surface area (Å²) in [5.41, 5.74) is -1.57. The lowest BCUT2D eigenvalue weighted by Crippen LogP contribution is -2.51. The van der Waals surface area contributed by atoms with Gasteiger partial charge in [-0.3, -0.25) is 9.88 Å². The molecule has 1 amide bonds. The molecular weight excluding hydrogens is 613 g/mol. The summed E-state index contributed by atoms with van der Waals surface area (Å²) in [4.78, 5) is 29.7. The van der Waals surface area contributed by atoms with Crippen molar-refractivity contribution >= 4 is 33.6 Å². The van der Waals surface area contributed by atoms with Crippen molar-refractivity contribution in [3.63, 3.8) is 0 Å². The average Bonchev–Trinajstić information content (AvgIpc) is 3.71. The molecule has 0 aliphatic carbocycles. The molecule has 2 aromatic heterocycles. The highest BCUT2D eigenvalue weighted by molar-refractivity contribution is 6.03. The van der Waals surface area contributed by atoms with Gasteiger partial charge in [0.05, 0.1) is 29.6 Å². The van der Waals surface area contributed by atoms with Crippen LogP contribution in [0.1, 0.15) is 37.7 Å². The first-order valence-corrected chi connectivity index (χ1v) is 15.7. The fourth-order valence-electron chi connectivity index (χ4n) is 7.92. The van der Waals surface area contributed by atoms with Gasteiger partial charge in [0, 0.05) is 36.7 Å². The Bertz CT molecular complexity index is 2010. The van der Waals surface area contributed by atoms with E-state index in [4.69, 9.17) is 20.9 Å². The third-order valence-electron chi connectivity index (χ3n) is 10.0. The first kappa shape index (κ1) is 29.6. The molecule has 4 aliphatic heterocycles. The quantitative estimate of drug-likeness (QED) is 0.295. The maximum Gasteiger partial charge on any atom is 0.407 e. The van der Waals surface area contributed by atoms with Crippen LogP contribution in [0, 0.1) is 24.0 Å². The van der Waals surface area contributed by atoms with Crippen LogP contribution in [0.3, 0.4) is 0 Å². The lowest BCUT2D eigenvalue weighted by atomic mass is 9.93. The Balaban J connectivity index is 1.27. The van der Waals surface area contributed by atoms with Crippen LogP contribution in [0.25, 0.3) is 32.9 Å². The number of amides is 1. The molecule has 242 valence electrons. The summed E-state index contributed by atoms with van der Waals surface area (Å²) in [6.07, 6.45) is 8.99. The van der Waals surface area contributed by atoms with E-state index in [2.05, 4.69) is 26.1 Å². The van der Waals surface area contributed by atoms with Crippen LogP contribution in [0.4, 0.5) is 23.8 Å². The van der Waals surface area contributed by atoms with Gasteiger partial charge in [-0.2, -0.15) is 9.97 Å². The van der Waals surface area contributed by atoms with Gasteiger partial charge in [0.15, 0.2) is 5.82 Å². The van der Waals surface area contributed by atoms with Gasteiger partial charge in [-0.1, -0.05) is 12.0 Å². The first-order valence-electron chi connectivity index (χ1n) is 15.7. The molecule has 0 bridgehead atoms. The van der Waals surface area contributed by atoms with E-state index in [1.807, 2.05) is 4.90 Å². The number of phenols is 1. The second-order valence-electron chi connectivity index (χ2n) is 13.0.